The molecular formula is C32H39NO2. The van der Waals surface area contributed by atoms with Gasteiger partial charge in [-0.05, 0) is 77.6 Å². The molecule has 2 N–H and O–H groups in total. The Balaban J connectivity index is 1.38. The molecule has 35 heavy (non-hydrogen) atoms. The highest BCUT2D eigenvalue weighted by molar-refractivity contribution is 5.82. The fourth-order valence-electron chi connectivity index (χ4n) is 5.23. The monoisotopic (exact) mass is 469 g/mol. The maximum atomic E-state index is 10.9. The molecule has 3 nitrogen and oxygen atoms in total. The van der Waals surface area contributed by atoms with Gasteiger partial charge in [-0.15, -0.1) is 0 Å². The molecule has 184 valence electrons. The van der Waals surface area contributed by atoms with Crippen molar-refractivity contribution in [3.63, 3.8) is 0 Å². The fourth-order valence-corrected chi connectivity index (χ4v) is 5.23. The Morgan fingerprint density at radius 2 is 1.43 bits per heavy atom. The number of hydrogen-bond donors (Lipinski definition) is 2. The van der Waals surface area contributed by atoms with Gasteiger partial charge < -0.3 is 15.1 Å². The van der Waals surface area contributed by atoms with Crippen molar-refractivity contribution in [3.8, 4) is 5.75 Å². The molecule has 3 aromatic carbocycles. The van der Waals surface area contributed by atoms with Crippen LogP contribution in [0.4, 0.5) is 0 Å². The SMILES string of the molecule is CC(C)(C)c1cc(O)ccc1C(O)CCCN1CCC(=C(c2ccccc2)c2ccccc2)CC1. The van der Waals surface area contributed by atoms with Gasteiger partial charge >= 0.3 is 0 Å². The van der Waals surface area contributed by atoms with E-state index in [1.54, 1.807) is 12.1 Å². The van der Waals surface area contributed by atoms with Gasteiger partial charge in [0.15, 0.2) is 0 Å². The summed E-state index contributed by atoms with van der Waals surface area (Å²) in [4.78, 5) is 2.53. The molecule has 1 unspecified atom stereocenters. The van der Waals surface area contributed by atoms with Crippen LogP contribution in [0, 0.1) is 0 Å². The standard InChI is InChI=1S/C32H39NO2/c1-32(2,3)29-23-27(34)16-17-28(29)30(35)15-10-20-33-21-18-26(19-22-33)31(24-11-6-4-7-12-24)25-13-8-5-9-14-25/h4-9,11-14,16-17,23,30,34-35H,10,15,18-22H2,1-3H3. The molecule has 0 spiro atoms. The van der Waals surface area contributed by atoms with Crippen LogP contribution < -0.4 is 0 Å². The van der Waals surface area contributed by atoms with Gasteiger partial charge in [0.1, 0.15) is 5.75 Å². The van der Waals surface area contributed by atoms with Gasteiger partial charge in [0, 0.05) is 13.1 Å². The van der Waals surface area contributed by atoms with E-state index in [2.05, 4.69) is 86.3 Å². The summed E-state index contributed by atoms with van der Waals surface area (Å²) in [5.41, 5.74) is 7.37. The van der Waals surface area contributed by atoms with Crippen LogP contribution >= 0.6 is 0 Å². The van der Waals surface area contributed by atoms with E-state index in [9.17, 15) is 10.2 Å². The van der Waals surface area contributed by atoms with Crippen molar-refractivity contribution in [1.29, 1.82) is 0 Å². The van der Waals surface area contributed by atoms with E-state index < -0.39 is 6.10 Å². The Morgan fingerprint density at radius 3 is 1.97 bits per heavy atom. The van der Waals surface area contributed by atoms with Gasteiger partial charge in [-0.2, -0.15) is 0 Å². The summed E-state index contributed by atoms with van der Waals surface area (Å²) >= 11 is 0. The second-order valence-electron chi connectivity index (χ2n) is 10.7. The van der Waals surface area contributed by atoms with Crippen LogP contribution in [0.15, 0.2) is 84.4 Å². The van der Waals surface area contributed by atoms with Crippen molar-refractivity contribution in [3.05, 3.63) is 107 Å². The van der Waals surface area contributed by atoms with E-state index in [-0.39, 0.29) is 11.2 Å². The highest BCUT2D eigenvalue weighted by Crippen LogP contribution is 2.35. The van der Waals surface area contributed by atoms with Crippen molar-refractivity contribution in [1.82, 2.24) is 4.90 Å². The molecule has 1 aliphatic heterocycles. The summed E-state index contributed by atoms with van der Waals surface area (Å²) in [5, 5.41) is 20.9. The minimum Gasteiger partial charge on any atom is -0.508 e. The first kappa shape index (κ1) is 25.2. The first-order valence-corrected chi connectivity index (χ1v) is 12.9. The number of phenols is 1. The van der Waals surface area contributed by atoms with E-state index in [4.69, 9.17) is 0 Å². The van der Waals surface area contributed by atoms with Gasteiger partial charge in [-0.25, -0.2) is 0 Å². The van der Waals surface area contributed by atoms with Crippen molar-refractivity contribution < 1.29 is 10.2 Å². The van der Waals surface area contributed by atoms with Crippen LogP contribution in [0.2, 0.25) is 0 Å². The number of hydrogen-bond acceptors (Lipinski definition) is 3. The molecular weight excluding hydrogens is 430 g/mol. The summed E-state index contributed by atoms with van der Waals surface area (Å²) in [6.45, 7) is 9.48. The third-order valence-electron chi connectivity index (χ3n) is 7.09. The predicted molar refractivity (Wildman–Crippen MR) is 146 cm³/mol. The van der Waals surface area contributed by atoms with Crippen LogP contribution in [0.3, 0.4) is 0 Å². The number of piperidine rings is 1. The van der Waals surface area contributed by atoms with E-state index in [0.717, 1.165) is 56.4 Å². The number of aliphatic hydroxyl groups excluding tert-OH is 1. The highest BCUT2D eigenvalue weighted by Gasteiger charge is 2.23. The van der Waals surface area contributed by atoms with E-state index in [1.807, 2.05) is 6.07 Å². The number of aromatic hydroxyl groups is 1. The van der Waals surface area contributed by atoms with Crippen LogP contribution in [0.5, 0.6) is 5.75 Å². The number of benzene rings is 3. The molecule has 3 heteroatoms. The van der Waals surface area contributed by atoms with E-state index in [1.165, 1.54) is 22.3 Å². The minimum atomic E-state index is -0.507. The number of rotatable bonds is 7. The second kappa shape index (κ2) is 11.2. The quantitative estimate of drug-likeness (QED) is 0.388. The molecule has 0 saturated carbocycles. The van der Waals surface area contributed by atoms with Crippen molar-refractivity contribution in [2.45, 2.75) is 58.0 Å². The topological polar surface area (TPSA) is 43.7 Å². The summed E-state index contributed by atoms with van der Waals surface area (Å²) in [7, 11) is 0. The Labute approximate surface area is 210 Å². The van der Waals surface area contributed by atoms with Gasteiger partial charge in [-0.1, -0.05) is 93.1 Å². The summed E-state index contributed by atoms with van der Waals surface area (Å²) in [6.07, 6.45) is 3.33. The van der Waals surface area contributed by atoms with Crippen LogP contribution in [0.25, 0.3) is 5.57 Å². The second-order valence-corrected chi connectivity index (χ2v) is 10.7. The van der Waals surface area contributed by atoms with Crippen molar-refractivity contribution in [2.24, 2.45) is 0 Å². The number of likely N-dealkylation sites (tertiary alicyclic amines) is 1. The summed E-state index contributed by atoms with van der Waals surface area (Å²) in [6, 6.07) is 26.9. The number of nitrogens with zero attached hydrogens (tertiary/aromatic N) is 1. The lowest BCUT2D eigenvalue weighted by atomic mass is 9.81. The average Bonchev–Trinajstić information content (AvgIpc) is 2.86. The Morgan fingerprint density at radius 1 is 0.857 bits per heavy atom. The molecule has 0 bridgehead atoms. The van der Waals surface area contributed by atoms with Crippen LogP contribution in [0.1, 0.15) is 74.8 Å². The lowest BCUT2D eigenvalue weighted by Gasteiger charge is -2.31. The molecule has 0 radical (unpaired) electrons. The normalized spacial score (nSPS) is 15.7. The van der Waals surface area contributed by atoms with Crippen molar-refractivity contribution in [2.75, 3.05) is 19.6 Å². The third kappa shape index (κ3) is 6.42. The zero-order valence-corrected chi connectivity index (χ0v) is 21.4. The molecule has 4 rings (SSSR count). The zero-order valence-electron chi connectivity index (χ0n) is 21.4. The number of phenolic OH excluding ortho intramolecular Hbond substituents is 1. The first-order valence-electron chi connectivity index (χ1n) is 12.9. The Hall–Kier alpha value is -2.88. The molecule has 1 atom stereocenters. The number of aliphatic hydroxyl groups is 1. The highest BCUT2D eigenvalue weighted by atomic mass is 16.3. The zero-order chi connectivity index (χ0) is 24.8. The van der Waals surface area contributed by atoms with Crippen molar-refractivity contribution >= 4 is 5.57 Å². The maximum absolute atomic E-state index is 10.9. The smallest absolute Gasteiger partial charge is 0.115 e. The largest absolute Gasteiger partial charge is 0.508 e. The fraction of sp³-hybridized carbons (Fsp3) is 0.375. The predicted octanol–water partition coefficient (Wildman–Crippen LogP) is 7.10. The molecule has 0 amide bonds. The molecule has 0 aliphatic carbocycles. The summed E-state index contributed by atoms with van der Waals surface area (Å²) in [5.74, 6) is 0.258. The molecule has 1 fully saturated rings. The van der Waals surface area contributed by atoms with Crippen LogP contribution in [-0.4, -0.2) is 34.7 Å². The lowest BCUT2D eigenvalue weighted by Crippen LogP contribution is -2.32. The van der Waals surface area contributed by atoms with E-state index in [0.29, 0.717) is 0 Å². The molecule has 1 aliphatic rings. The minimum absolute atomic E-state index is 0.125. The van der Waals surface area contributed by atoms with Gasteiger partial charge in [-0.3, -0.25) is 0 Å². The third-order valence-corrected chi connectivity index (χ3v) is 7.09. The molecule has 1 saturated heterocycles. The van der Waals surface area contributed by atoms with Gasteiger partial charge in [0.25, 0.3) is 0 Å². The lowest BCUT2D eigenvalue weighted by molar-refractivity contribution is 0.151. The first-order chi connectivity index (χ1) is 16.8. The molecule has 0 aromatic heterocycles. The average molecular weight is 470 g/mol. The van der Waals surface area contributed by atoms with E-state index >= 15 is 0 Å². The van der Waals surface area contributed by atoms with Gasteiger partial charge in [0.2, 0.25) is 0 Å². The Kier molecular flexibility index (Phi) is 8.10. The van der Waals surface area contributed by atoms with Gasteiger partial charge in [0.05, 0.1) is 6.10 Å². The molecule has 1 heterocycles. The Bertz CT molecular complexity index is 1080. The maximum Gasteiger partial charge on any atom is 0.115 e. The summed E-state index contributed by atoms with van der Waals surface area (Å²) < 4.78 is 0. The van der Waals surface area contributed by atoms with Crippen LogP contribution in [-0.2, 0) is 5.41 Å². The molecule has 3 aromatic rings.